The summed E-state index contributed by atoms with van der Waals surface area (Å²) in [5.74, 6) is 1.78. The van der Waals surface area contributed by atoms with Crippen molar-refractivity contribution in [3.8, 4) is 0 Å². The van der Waals surface area contributed by atoms with Gasteiger partial charge in [0.2, 0.25) is 0 Å². The van der Waals surface area contributed by atoms with Crippen LogP contribution in [0.15, 0.2) is 15.6 Å². The summed E-state index contributed by atoms with van der Waals surface area (Å²) in [6, 6.07) is 2.03. The number of hydrogen-bond donors (Lipinski definition) is 2. The van der Waals surface area contributed by atoms with Gasteiger partial charge in [-0.2, -0.15) is 0 Å². The predicted molar refractivity (Wildman–Crippen MR) is 127 cm³/mol. The molecule has 8 nitrogen and oxygen atoms in total. The summed E-state index contributed by atoms with van der Waals surface area (Å²) >= 11 is 0. The number of halogens is 1. The van der Waals surface area contributed by atoms with Crippen molar-refractivity contribution in [1.82, 2.24) is 20.7 Å². The minimum Gasteiger partial charge on any atom is -0.444 e. The molecule has 1 aromatic rings. The molecule has 1 aromatic heterocycles. The quantitative estimate of drug-likeness (QED) is 0.231. The highest BCUT2D eigenvalue weighted by atomic mass is 127. The van der Waals surface area contributed by atoms with Crippen molar-refractivity contribution in [3.63, 3.8) is 0 Å². The second-order valence-electron chi connectivity index (χ2n) is 8.35. The molecule has 0 radical (unpaired) electrons. The zero-order chi connectivity index (χ0) is 21.3. The molecule has 0 saturated carbocycles. The van der Waals surface area contributed by atoms with Crippen LogP contribution >= 0.6 is 24.0 Å². The summed E-state index contributed by atoms with van der Waals surface area (Å²) < 4.78 is 10.8. The molecule has 29 heavy (non-hydrogen) atoms. The molecular formula is C20H38IN5O3. The van der Waals surface area contributed by atoms with Gasteiger partial charge in [-0.05, 0) is 47.0 Å². The van der Waals surface area contributed by atoms with Crippen molar-refractivity contribution in [2.24, 2.45) is 4.99 Å². The van der Waals surface area contributed by atoms with Crippen LogP contribution in [0.2, 0.25) is 0 Å². The van der Waals surface area contributed by atoms with E-state index in [-0.39, 0.29) is 36.1 Å². The Morgan fingerprint density at radius 1 is 1.28 bits per heavy atom. The third-order valence-electron chi connectivity index (χ3n) is 3.94. The fourth-order valence-electron chi connectivity index (χ4n) is 2.41. The normalized spacial score (nSPS) is 12.0. The van der Waals surface area contributed by atoms with Crippen molar-refractivity contribution in [1.29, 1.82) is 0 Å². The van der Waals surface area contributed by atoms with Gasteiger partial charge in [-0.3, -0.25) is 4.99 Å². The molecule has 168 valence electrons. The lowest BCUT2D eigenvalue weighted by Gasteiger charge is -2.30. The molecule has 1 heterocycles. The molecule has 1 amide bonds. The summed E-state index contributed by atoms with van der Waals surface area (Å²) in [5, 5.41) is 10.5. The molecule has 0 saturated heterocycles. The van der Waals surface area contributed by atoms with Gasteiger partial charge < -0.3 is 24.8 Å². The first-order chi connectivity index (χ1) is 13.0. The zero-order valence-electron chi connectivity index (χ0n) is 19.0. The fourth-order valence-corrected chi connectivity index (χ4v) is 2.41. The van der Waals surface area contributed by atoms with Crippen LogP contribution in [0.5, 0.6) is 0 Å². The molecule has 0 aliphatic heterocycles. The number of nitrogens with zero attached hydrogens (tertiary/aromatic N) is 3. The average Bonchev–Trinajstić information content (AvgIpc) is 3.04. The highest BCUT2D eigenvalue weighted by Gasteiger charge is 2.23. The molecule has 1 rings (SSSR count). The number of hydrogen-bond acceptors (Lipinski definition) is 5. The Labute approximate surface area is 192 Å². The Bertz CT molecular complexity index is 638. The average molecular weight is 523 g/mol. The molecule has 0 aliphatic carbocycles. The van der Waals surface area contributed by atoms with Crippen molar-refractivity contribution >= 4 is 36.0 Å². The third kappa shape index (κ3) is 10.7. The van der Waals surface area contributed by atoms with E-state index in [1.807, 2.05) is 40.7 Å². The lowest BCUT2D eigenvalue weighted by Crippen LogP contribution is -2.43. The summed E-state index contributed by atoms with van der Waals surface area (Å²) in [6.45, 7) is 15.5. The Morgan fingerprint density at radius 3 is 2.41 bits per heavy atom. The summed E-state index contributed by atoms with van der Waals surface area (Å²) in [7, 11) is 1.72. The molecule has 9 heteroatoms. The summed E-state index contributed by atoms with van der Waals surface area (Å²) in [6.07, 6.45) is 0.495. The van der Waals surface area contributed by atoms with Crippen molar-refractivity contribution in [2.75, 3.05) is 20.1 Å². The molecule has 0 aliphatic rings. The largest absolute Gasteiger partial charge is 0.444 e. The number of guanidine groups is 1. The van der Waals surface area contributed by atoms with Gasteiger partial charge >= 0.3 is 6.09 Å². The van der Waals surface area contributed by atoms with Crippen LogP contribution in [-0.4, -0.2) is 53.9 Å². The maximum absolute atomic E-state index is 12.3. The molecule has 0 spiro atoms. The van der Waals surface area contributed by atoms with Crippen LogP contribution < -0.4 is 10.6 Å². The van der Waals surface area contributed by atoms with Gasteiger partial charge in [0.05, 0.1) is 12.2 Å². The summed E-state index contributed by atoms with van der Waals surface area (Å²) in [4.78, 5) is 18.3. The number of carbonyl (C=O) groups is 1. The molecule has 0 atom stereocenters. The van der Waals surface area contributed by atoms with E-state index < -0.39 is 5.60 Å². The van der Waals surface area contributed by atoms with E-state index in [2.05, 4.69) is 34.6 Å². The lowest BCUT2D eigenvalue weighted by atomic mass is 10.1. The van der Waals surface area contributed by atoms with Gasteiger partial charge in [0.15, 0.2) is 11.7 Å². The van der Waals surface area contributed by atoms with E-state index in [0.717, 1.165) is 17.9 Å². The van der Waals surface area contributed by atoms with Gasteiger partial charge in [-0.25, -0.2) is 4.79 Å². The van der Waals surface area contributed by atoms with Gasteiger partial charge in [0.1, 0.15) is 5.60 Å². The Balaban J connectivity index is 0.00000784. The van der Waals surface area contributed by atoms with Gasteiger partial charge in [-0.15, -0.1) is 24.0 Å². The zero-order valence-corrected chi connectivity index (χ0v) is 21.4. The van der Waals surface area contributed by atoms with E-state index in [9.17, 15) is 4.79 Å². The van der Waals surface area contributed by atoms with Crippen LogP contribution in [0.3, 0.4) is 0 Å². The van der Waals surface area contributed by atoms with Gasteiger partial charge in [0, 0.05) is 32.2 Å². The molecule has 0 fully saturated rings. The smallest absolute Gasteiger partial charge is 0.410 e. The Hall–Kier alpha value is -1.52. The first-order valence-electron chi connectivity index (χ1n) is 9.93. The van der Waals surface area contributed by atoms with E-state index in [0.29, 0.717) is 31.5 Å². The highest BCUT2D eigenvalue weighted by molar-refractivity contribution is 14.0. The molecular weight excluding hydrogens is 485 g/mol. The number of carbonyl (C=O) groups excluding carboxylic acids is 1. The highest BCUT2D eigenvalue weighted by Crippen LogP contribution is 2.14. The van der Waals surface area contributed by atoms with E-state index >= 15 is 0 Å². The van der Waals surface area contributed by atoms with Crippen LogP contribution in [0.4, 0.5) is 4.79 Å². The number of amides is 1. The van der Waals surface area contributed by atoms with Crippen LogP contribution in [0.25, 0.3) is 0 Å². The van der Waals surface area contributed by atoms with Crippen molar-refractivity contribution < 1.29 is 14.1 Å². The minimum absolute atomic E-state index is 0. The number of aliphatic imine (C=N–C) groups is 1. The number of rotatable bonds is 8. The van der Waals surface area contributed by atoms with Crippen LogP contribution in [-0.2, 0) is 11.3 Å². The molecule has 0 unspecified atom stereocenters. The number of ether oxygens (including phenoxy) is 1. The fraction of sp³-hybridized carbons (Fsp3) is 0.750. The lowest BCUT2D eigenvalue weighted by molar-refractivity contribution is 0.0190. The second-order valence-corrected chi connectivity index (χ2v) is 8.35. The summed E-state index contributed by atoms with van der Waals surface area (Å²) in [5.41, 5.74) is 0.445. The number of aromatic nitrogens is 1. The standard InChI is InChI=1S/C20H37N5O3.HI/c1-14(2)17-12-16(28-24-17)13-23-18(21-8)22-10-9-11-25(15(3)4)19(26)27-20(5,6)7;/h12,14-15H,9-11,13H2,1-8H3,(H2,21,22,23);1H. The van der Waals surface area contributed by atoms with Crippen molar-refractivity contribution in [2.45, 2.75) is 79.0 Å². The molecule has 0 aromatic carbocycles. The molecule has 0 bridgehead atoms. The first-order valence-corrected chi connectivity index (χ1v) is 9.93. The van der Waals surface area contributed by atoms with Gasteiger partial charge in [-0.1, -0.05) is 19.0 Å². The van der Waals surface area contributed by atoms with Gasteiger partial charge in [0.25, 0.3) is 0 Å². The third-order valence-corrected chi connectivity index (χ3v) is 3.94. The van der Waals surface area contributed by atoms with E-state index in [1.54, 1.807) is 11.9 Å². The Morgan fingerprint density at radius 2 is 1.93 bits per heavy atom. The maximum atomic E-state index is 12.3. The monoisotopic (exact) mass is 523 g/mol. The van der Waals surface area contributed by atoms with Crippen LogP contribution in [0.1, 0.15) is 72.3 Å². The second kappa shape index (κ2) is 12.9. The predicted octanol–water partition coefficient (Wildman–Crippen LogP) is 4.12. The topological polar surface area (TPSA) is 92.0 Å². The van der Waals surface area contributed by atoms with Crippen LogP contribution in [0, 0.1) is 0 Å². The van der Waals surface area contributed by atoms with E-state index in [1.165, 1.54) is 0 Å². The minimum atomic E-state index is -0.495. The van der Waals surface area contributed by atoms with Crippen molar-refractivity contribution in [3.05, 3.63) is 17.5 Å². The van der Waals surface area contributed by atoms with E-state index in [4.69, 9.17) is 9.26 Å². The number of nitrogens with one attached hydrogen (secondary N) is 2. The first kappa shape index (κ1) is 27.5. The SMILES string of the molecule is CN=C(NCCCN(C(=O)OC(C)(C)C)C(C)C)NCc1cc(C(C)C)no1.I. The Kier molecular flexibility index (Phi) is 12.2. The molecule has 2 N–H and O–H groups in total. The maximum Gasteiger partial charge on any atom is 0.410 e.